The number of carbonyl (C=O) groups is 1. The maximum Gasteiger partial charge on any atom is 0.233 e. The van der Waals surface area contributed by atoms with Gasteiger partial charge in [0.2, 0.25) is 5.91 Å². The second-order valence-electron chi connectivity index (χ2n) is 1.84. The minimum Gasteiger partial charge on any atom is -0.274 e. The molecule has 0 heterocycles. The predicted octanol–water partition coefficient (Wildman–Crippen LogP) is 1.12. The maximum atomic E-state index is 10.5. The quantitative estimate of drug-likeness (QED) is 0.525. The lowest BCUT2D eigenvalue weighted by Gasteiger charge is -2.09. The minimum atomic E-state index is -0.142. The first kappa shape index (κ1) is 10.0. The largest absolute Gasteiger partial charge is 0.274 e. The van der Waals surface area contributed by atoms with Gasteiger partial charge in [-0.15, -0.1) is 0 Å². The highest BCUT2D eigenvalue weighted by molar-refractivity contribution is 6.20. The first-order chi connectivity index (χ1) is 4.68. The molecular formula is C5H10Cl2N2O. The summed E-state index contributed by atoms with van der Waals surface area (Å²) in [5.41, 5.74) is 0. The van der Waals surface area contributed by atoms with Gasteiger partial charge in [0.25, 0.3) is 0 Å². The molecule has 60 valence electrons. The summed E-state index contributed by atoms with van der Waals surface area (Å²) < 4.78 is 1.13. The first-order valence-electron chi connectivity index (χ1n) is 2.96. The molecule has 0 aliphatic carbocycles. The fourth-order valence-electron chi connectivity index (χ4n) is 0.442. The molecule has 1 N–H and O–H groups in total. The Hall–Kier alpha value is 0.01000. The van der Waals surface area contributed by atoms with Gasteiger partial charge in [-0.2, -0.15) is 0 Å². The number of carbonyl (C=O) groups excluding carboxylic acids is 1. The highest BCUT2D eigenvalue weighted by Crippen LogP contribution is 1.95. The van der Waals surface area contributed by atoms with E-state index in [1.54, 1.807) is 0 Å². The molecule has 10 heavy (non-hydrogen) atoms. The van der Waals surface area contributed by atoms with Crippen LogP contribution in [0.4, 0.5) is 0 Å². The average molecular weight is 185 g/mol. The maximum absolute atomic E-state index is 10.5. The van der Waals surface area contributed by atoms with Crippen molar-refractivity contribution in [3.63, 3.8) is 0 Å². The lowest BCUT2D eigenvalue weighted by molar-refractivity contribution is -0.124. The number of nitrogens with zero attached hydrogens (tertiary/aromatic N) is 1. The summed E-state index contributed by atoms with van der Waals surface area (Å²) in [6.07, 6.45) is 0.757. The normalized spacial score (nSPS) is 9.50. The van der Waals surface area contributed by atoms with Gasteiger partial charge in [-0.1, -0.05) is 0 Å². The third-order valence-electron chi connectivity index (χ3n) is 0.967. The molecule has 5 heteroatoms. The van der Waals surface area contributed by atoms with Gasteiger partial charge in [0.1, 0.15) is 0 Å². The highest BCUT2D eigenvalue weighted by atomic mass is 35.5. The summed E-state index contributed by atoms with van der Waals surface area (Å²) in [5, 5.41) is 0. The fraction of sp³-hybridized carbons (Fsp3) is 0.800. The van der Waals surface area contributed by atoms with Gasteiger partial charge in [-0.05, 0) is 18.2 Å². The van der Waals surface area contributed by atoms with Crippen LogP contribution in [0.1, 0.15) is 13.3 Å². The molecule has 0 aromatic rings. The van der Waals surface area contributed by atoms with Gasteiger partial charge >= 0.3 is 0 Å². The zero-order valence-electron chi connectivity index (χ0n) is 5.73. The number of hydrogen-bond acceptors (Lipinski definition) is 2. The van der Waals surface area contributed by atoms with E-state index in [9.17, 15) is 4.79 Å². The molecule has 0 unspecified atom stereocenters. The summed E-state index contributed by atoms with van der Waals surface area (Å²) in [6, 6.07) is 0. The molecular weight excluding hydrogens is 175 g/mol. The fourth-order valence-corrected chi connectivity index (χ4v) is 0.695. The van der Waals surface area contributed by atoms with E-state index in [2.05, 4.69) is 4.84 Å². The standard InChI is InChI=1S/C5H10Cl2N2O/c1-5(10)9(7)4-2-3-8-6/h8H,2-4H2,1H3. The van der Waals surface area contributed by atoms with Crippen LogP contribution >= 0.6 is 23.6 Å². The Morgan fingerprint density at radius 3 is 2.70 bits per heavy atom. The molecule has 0 atom stereocenters. The summed E-state index contributed by atoms with van der Waals surface area (Å²) in [6.45, 7) is 2.59. The SMILES string of the molecule is CC(=O)N(Cl)CCCNCl. The van der Waals surface area contributed by atoms with Crippen LogP contribution in [0.3, 0.4) is 0 Å². The van der Waals surface area contributed by atoms with Crippen molar-refractivity contribution in [1.29, 1.82) is 0 Å². The number of nitrogens with one attached hydrogen (secondary N) is 1. The van der Waals surface area contributed by atoms with E-state index in [1.807, 2.05) is 0 Å². The van der Waals surface area contributed by atoms with E-state index in [4.69, 9.17) is 23.6 Å². The van der Waals surface area contributed by atoms with Crippen LogP contribution in [0.2, 0.25) is 0 Å². The molecule has 0 aromatic carbocycles. The Kier molecular flexibility index (Phi) is 5.78. The van der Waals surface area contributed by atoms with Crippen molar-refractivity contribution in [1.82, 2.24) is 9.25 Å². The van der Waals surface area contributed by atoms with Crippen molar-refractivity contribution in [2.45, 2.75) is 13.3 Å². The molecule has 0 rings (SSSR count). The van der Waals surface area contributed by atoms with Crippen LogP contribution < -0.4 is 4.84 Å². The van der Waals surface area contributed by atoms with Crippen LogP contribution in [-0.2, 0) is 4.79 Å². The van der Waals surface area contributed by atoms with Crippen LogP contribution in [0.5, 0.6) is 0 Å². The second kappa shape index (κ2) is 5.77. The van der Waals surface area contributed by atoms with Crippen molar-refractivity contribution in [3.05, 3.63) is 0 Å². The van der Waals surface area contributed by atoms with Gasteiger partial charge < -0.3 is 0 Å². The van der Waals surface area contributed by atoms with Gasteiger partial charge in [0.05, 0.1) is 0 Å². The lowest BCUT2D eigenvalue weighted by Crippen LogP contribution is -2.21. The van der Waals surface area contributed by atoms with Crippen LogP contribution in [-0.4, -0.2) is 23.4 Å². The van der Waals surface area contributed by atoms with Crippen molar-refractivity contribution >= 4 is 29.5 Å². The van der Waals surface area contributed by atoms with Gasteiger partial charge in [0, 0.05) is 31.8 Å². The molecule has 0 radical (unpaired) electrons. The molecule has 0 fully saturated rings. The average Bonchev–Trinajstić information content (AvgIpc) is 1.88. The zero-order valence-corrected chi connectivity index (χ0v) is 7.24. The zero-order chi connectivity index (χ0) is 7.98. The molecule has 0 aliphatic rings. The van der Waals surface area contributed by atoms with E-state index in [0.29, 0.717) is 13.1 Å². The van der Waals surface area contributed by atoms with Crippen LogP contribution in [0.15, 0.2) is 0 Å². The summed E-state index contributed by atoms with van der Waals surface area (Å²) in [7, 11) is 0. The van der Waals surface area contributed by atoms with Crippen LogP contribution in [0, 0.1) is 0 Å². The minimum absolute atomic E-state index is 0.142. The Bertz CT molecular complexity index is 110. The number of rotatable bonds is 4. The van der Waals surface area contributed by atoms with Crippen molar-refractivity contribution in [3.8, 4) is 0 Å². The molecule has 0 bridgehead atoms. The number of amides is 1. The van der Waals surface area contributed by atoms with Gasteiger partial charge in [0.15, 0.2) is 0 Å². The molecule has 0 saturated heterocycles. The number of hydrogen-bond donors (Lipinski definition) is 1. The van der Waals surface area contributed by atoms with E-state index in [1.165, 1.54) is 6.92 Å². The smallest absolute Gasteiger partial charge is 0.233 e. The Morgan fingerprint density at radius 2 is 2.30 bits per heavy atom. The third-order valence-corrected chi connectivity index (χ3v) is 1.56. The second-order valence-corrected chi connectivity index (χ2v) is 2.52. The third kappa shape index (κ3) is 4.85. The lowest BCUT2D eigenvalue weighted by atomic mass is 10.4. The topological polar surface area (TPSA) is 32.3 Å². The summed E-state index contributed by atoms with van der Waals surface area (Å²) >= 11 is 10.6. The van der Waals surface area contributed by atoms with E-state index >= 15 is 0 Å². The Morgan fingerprint density at radius 1 is 1.70 bits per heavy atom. The highest BCUT2D eigenvalue weighted by Gasteiger charge is 2.02. The molecule has 1 amide bonds. The molecule has 0 spiro atoms. The van der Waals surface area contributed by atoms with Crippen molar-refractivity contribution in [2.24, 2.45) is 0 Å². The summed E-state index contributed by atoms with van der Waals surface area (Å²) in [4.78, 5) is 12.9. The van der Waals surface area contributed by atoms with Crippen LogP contribution in [0.25, 0.3) is 0 Å². The first-order valence-corrected chi connectivity index (χ1v) is 3.67. The van der Waals surface area contributed by atoms with E-state index in [-0.39, 0.29) is 5.91 Å². The Balaban J connectivity index is 3.21. The molecule has 3 nitrogen and oxygen atoms in total. The summed E-state index contributed by atoms with van der Waals surface area (Å²) in [5.74, 6) is -0.142. The monoisotopic (exact) mass is 184 g/mol. The molecule has 0 aliphatic heterocycles. The van der Waals surface area contributed by atoms with Crippen molar-refractivity contribution in [2.75, 3.05) is 13.1 Å². The molecule has 0 aromatic heterocycles. The predicted molar refractivity (Wildman–Crippen MR) is 41.7 cm³/mol. The van der Waals surface area contributed by atoms with E-state index < -0.39 is 0 Å². The number of halogens is 2. The van der Waals surface area contributed by atoms with Crippen molar-refractivity contribution < 1.29 is 4.79 Å². The van der Waals surface area contributed by atoms with Gasteiger partial charge in [-0.3, -0.25) is 9.21 Å². The van der Waals surface area contributed by atoms with Gasteiger partial charge in [-0.25, -0.2) is 4.84 Å². The Labute approximate surface area is 70.5 Å². The molecule has 0 saturated carbocycles. The van der Waals surface area contributed by atoms with E-state index in [0.717, 1.165) is 10.8 Å².